The van der Waals surface area contributed by atoms with Gasteiger partial charge in [-0.05, 0) is 24.3 Å². The lowest BCUT2D eigenvalue weighted by Gasteiger charge is -2.28. The van der Waals surface area contributed by atoms with Gasteiger partial charge in [-0.1, -0.05) is 54.4 Å². The number of allylic oxidation sites excluding steroid dienone is 4. The van der Waals surface area contributed by atoms with Crippen LogP contribution in [0.4, 0.5) is 0 Å². The molecule has 0 saturated carbocycles. The van der Waals surface area contributed by atoms with Crippen LogP contribution in [0.25, 0.3) is 17.4 Å². The van der Waals surface area contributed by atoms with Gasteiger partial charge in [0.15, 0.2) is 11.6 Å². The van der Waals surface area contributed by atoms with Gasteiger partial charge in [0.1, 0.15) is 15.8 Å². The van der Waals surface area contributed by atoms with Gasteiger partial charge in [0.2, 0.25) is 0 Å². The SMILES string of the molecule is O=C1NC(=S)S/C1=C/c1ccc(-c2ccc3c(c2)C(=O)[C@H]2C=CC=C[C@H]2C3=O)o1. The third-order valence-electron chi connectivity index (χ3n) is 5.12. The Morgan fingerprint density at radius 3 is 2.38 bits per heavy atom. The van der Waals surface area contributed by atoms with E-state index < -0.39 is 11.8 Å². The van der Waals surface area contributed by atoms with Crippen molar-refractivity contribution in [1.82, 2.24) is 5.32 Å². The highest BCUT2D eigenvalue weighted by Crippen LogP contribution is 2.36. The fraction of sp³-hybridized carbons (Fsp3) is 0.0909. The predicted molar refractivity (Wildman–Crippen MR) is 114 cm³/mol. The molecule has 2 aromatic rings. The van der Waals surface area contributed by atoms with Crippen molar-refractivity contribution in [3.8, 4) is 11.3 Å². The Bertz CT molecular complexity index is 1200. The number of rotatable bonds is 2. The lowest BCUT2D eigenvalue weighted by atomic mass is 9.72. The average molecular weight is 419 g/mol. The molecule has 7 heteroatoms. The summed E-state index contributed by atoms with van der Waals surface area (Å²) in [6.07, 6.45) is 8.81. The summed E-state index contributed by atoms with van der Waals surface area (Å²) in [6.45, 7) is 0. The Hall–Kier alpha value is -3.03. The standard InChI is InChI=1S/C22H13NO4S2/c24-19-13-3-1-2-4-14(13)20(25)16-9-11(5-7-15(16)19)17-8-6-12(27-17)10-18-21(26)23-22(28)29-18/h1-10,13-14H,(H,23,26,28)/b18-10+/t13-,14+/m1/s1. The number of furan rings is 1. The average Bonchev–Trinajstić information content (AvgIpc) is 3.32. The Balaban J connectivity index is 1.49. The number of hydrogen-bond donors (Lipinski definition) is 1. The van der Waals surface area contributed by atoms with Crippen molar-refractivity contribution >= 4 is 51.8 Å². The molecule has 0 bridgehead atoms. The number of hydrogen-bond acceptors (Lipinski definition) is 6. The molecule has 1 aromatic carbocycles. The number of carbonyl (C=O) groups excluding carboxylic acids is 3. The zero-order valence-electron chi connectivity index (χ0n) is 14.9. The Morgan fingerprint density at radius 1 is 0.966 bits per heavy atom. The molecule has 5 nitrogen and oxygen atoms in total. The number of fused-ring (bicyclic) bond motifs is 2. The number of benzene rings is 1. The van der Waals surface area contributed by atoms with E-state index in [1.807, 2.05) is 0 Å². The summed E-state index contributed by atoms with van der Waals surface area (Å²) >= 11 is 6.16. The first-order valence-electron chi connectivity index (χ1n) is 8.94. The first kappa shape index (κ1) is 18.0. The smallest absolute Gasteiger partial charge is 0.263 e. The van der Waals surface area contributed by atoms with E-state index in [4.69, 9.17) is 16.6 Å². The van der Waals surface area contributed by atoms with E-state index in [-0.39, 0.29) is 17.5 Å². The number of carbonyl (C=O) groups is 3. The maximum atomic E-state index is 12.9. The first-order valence-corrected chi connectivity index (χ1v) is 10.2. The number of nitrogens with one attached hydrogen (secondary N) is 1. The molecule has 142 valence electrons. The van der Waals surface area contributed by atoms with Crippen LogP contribution in [0.3, 0.4) is 0 Å². The third-order valence-corrected chi connectivity index (χ3v) is 6.28. The maximum absolute atomic E-state index is 12.9. The van der Waals surface area contributed by atoms with Crippen molar-refractivity contribution in [2.24, 2.45) is 11.8 Å². The van der Waals surface area contributed by atoms with Crippen molar-refractivity contribution in [3.63, 3.8) is 0 Å². The molecule has 0 radical (unpaired) electrons. The van der Waals surface area contributed by atoms with Gasteiger partial charge in [-0.2, -0.15) is 0 Å². The van der Waals surface area contributed by atoms with Crippen LogP contribution >= 0.6 is 24.0 Å². The minimum Gasteiger partial charge on any atom is -0.457 e. The van der Waals surface area contributed by atoms with Crippen LogP contribution in [-0.4, -0.2) is 21.8 Å². The molecule has 1 amide bonds. The van der Waals surface area contributed by atoms with Gasteiger partial charge < -0.3 is 9.73 Å². The van der Waals surface area contributed by atoms with Crippen molar-refractivity contribution < 1.29 is 18.8 Å². The second-order valence-corrected chi connectivity index (χ2v) is 8.58. The van der Waals surface area contributed by atoms with Gasteiger partial charge in [0, 0.05) is 22.8 Å². The van der Waals surface area contributed by atoms with Crippen molar-refractivity contribution in [2.45, 2.75) is 0 Å². The van der Waals surface area contributed by atoms with Gasteiger partial charge in [-0.3, -0.25) is 14.4 Å². The van der Waals surface area contributed by atoms with Crippen LogP contribution in [0.15, 0.2) is 64.0 Å². The third kappa shape index (κ3) is 3.03. The van der Waals surface area contributed by atoms with E-state index in [9.17, 15) is 14.4 Å². The molecule has 1 aliphatic heterocycles. The minimum atomic E-state index is -0.450. The van der Waals surface area contributed by atoms with E-state index >= 15 is 0 Å². The molecule has 1 aromatic heterocycles. The van der Waals surface area contributed by atoms with Crippen LogP contribution in [-0.2, 0) is 4.79 Å². The molecule has 1 N–H and O–H groups in total. The van der Waals surface area contributed by atoms with Crippen LogP contribution in [0.2, 0.25) is 0 Å². The fourth-order valence-electron chi connectivity index (χ4n) is 3.72. The molecule has 2 heterocycles. The second-order valence-electron chi connectivity index (χ2n) is 6.86. The van der Waals surface area contributed by atoms with E-state index in [1.165, 1.54) is 11.8 Å². The van der Waals surface area contributed by atoms with E-state index in [0.29, 0.717) is 37.4 Å². The molecular weight excluding hydrogens is 406 g/mol. The second kappa shape index (κ2) is 6.79. The molecule has 2 aliphatic carbocycles. The molecule has 5 rings (SSSR count). The zero-order chi connectivity index (χ0) is 20.1. The molecule has 3 aliphatic rings. The van der Waals surface area contributed by atoms with Gasteiger partial charge in [0.25, 0.3) is 5.91 Å². The van der Waals surface area contributed by atoms with Crippen molar-refractivity contribution in [3.05, 3.63) is 76.4 Å². The number of Topliss-reactive ketones (excluding diaryl/α,β-unsaturated/α-hetero) is 2. The van der Waals surface area contributed by atoms with Crippen LogP contribution < -0.4 is 5.32 Å². The topological polar surface area (TPSA) is 76.4 Å². The highest BCUT2D eigenvalue weighted by atomic mass is 32.2. The minimum absolute atomic E-state index is 0.0399. The maximum Gasteiger partial charge on any atom is 0.263 e. The largest absolute Gasteiger partial charge is 0.457 e. The van der Waals surface area contributed by atoms with Gasteiger partial charge in [-0.25, -0.2) is 0 Å². The summed E-state index contributed by atoms with van der Waals surface area (Å²) in [7, 11) is 0. The summed E-state index contributed by atoms with van der Waals surface area (Å²) in [5, 5.41) is 2.56. The van der Waals surface area contributed by atoms with Gasteiger partial charge in [-0.15, -0.1) is 0 Å². The molecule has 0 unspecified atom stereocenters. The lowest BCUT2D eigenvalue weighted by molar-refractivity contribution is -0.115. The zero-order valence-corrected chi connectivity index (χ0v) is 16.5. The Morgan fingerprint density at radius 2 is 1.69 bits per heavy atom. The van der Waals surface area contributed by atoms with Crippen molar-refractivity contribution in [1.29, 1.82) is 0 Å². The predicted octanol–water partition coefficient (Wildman–Crippen LogP) is 4.17. The highest BCUT2D eigenvalue weighted by Gasteiger charge is 2.39. The molecule has 0 spiro atoms. The molecule has 1 saturated heterocycles. The number of thioether (sulfide) groups is 1. The summed E-state index contributed by atoms with van der Waals surface area (Å²) in [5.41, 5.74) is 1.56. The number of ketones is 2. The summed E-state index contributed by atoms with van der Waals surface area (Å²) < 4.78 is 6.25. The van der Waals surface area contributed by atoms with Gasteiger partial charge in [0.05, 0.1) is 16.7 Å². The summed E-state index contributed by atoms with van der Waals surface area (Å²) in [6, 6.07) is 8.68. The Labute approximate surface area is 175 Å². The lowest BCUT2D eigenvalue weighted by Crippen LogP contribution is -2.35. The molecule has 1 fully saturated rings. The number of thiocarbonyl (C=S) groups is 1. The summed E-state index contributed by atoms with van der Waals surface area (Å²) in [5.74, 6) is -0.173. The normalized spacial score (nSPS) is 24.1. The quantitative estimate of drug-likeness (QED) is 0.582. The number of amides is 1. The summed E-state index contributed by atoms with van der Waals surface area (Å²) in [4.78, 5) is 38.0. The van der Waals surface area contributed by atoms with Crippen LogP contribution in [0, 0.1) is 11.8 Å². The highest BCUT2D eigenvalue weighted by molar-refractivity contribution is 8.26. The van der Waals surface area contributed by atoms with Gasteiger partial charge >= 0.3 is 0 Å². The van der Waals surface area contributed by atoms with Crippen LogP contribution in [0.1, 0.15) is 26.5 Å². The van der Waals surface area contributed by atoms with E-state index in [0.717, 1.165) is 0 Å². The monoisotopic (exact) mass is 419 g/mol. The van der Waals surface area contributed by atoms with E-state index in [1.54, 1.807) is 60.7 Å². The molecule has 29 heavy (non-hydrogen) atoms. The fourth-order valence-corrected chi connectivity index (χ4v) is 4.74. The van der Waals surface area contributed by atoms with Crippen LogP contribution in [0.5, 0.6) is 0 Å². The van der Waals surface area contributed by atoms with E-state index in [2.05, 4.69) is 5.32 Å². The molecule has 2 atom stereocenters. The molecular formula is C22H13NO4S2. The Kier molecular flexibility index (Phi) is 4.22. The first-order chi connectivity index (χ1) is 14.0. The van der Waals surface area contributed by atoms with Crippen molar-refractivity contribution in [2.75, 3.05) is 0 Å².